The van der Waals surface area contributed by atoms with Crippen LogP contribution in [0.2, 0.25) is 0 Å². The molecule has 3 N–H and O–H groups in total. The highest BCUT2D eigenvalue weighted by Gasteiger charge is 2.80. The molecule has 39 heavy (non-hydrogen) atoms. The van der Waals surface area contributed by atoms with Gasteiger partial charge >= 0.3 is 0 Å². The topological polar surface area (TPSA) is 117 Å². The molecule has 1 spiro atoms. The fourth-order valence-electron chi connectivity index (χ4n) is 7.05. The number of carbonyl (C=O) groups excluding carboxylic acids is 3. The molecular weight excluding hydrogens is 498 g/mol. The molecule has 3 aliphatic rings. The molecule has 7 atom stereocenters. The Labute approximate surface area is 232 Å². The number of benzene rings is 1. The fourth-order valence-corrected chi connectivity index (χ4v) is 7.05. The van der Waals surface area contributed by atoms with Gasteiger partial charge in [0.15, 0.2) is 0 Å². The first-order valence-corrected chi connectivity index (χ1v) is 14.2. The van der Waals surface area contributed by atoms with E-state index in [4.69, 9.17) is 9.47 Å². The van der Waals surface area contributed by atoms with Crippen LogP contribution in [-0.2, 0) is 19.1 Å². The third kappa shape index (κ3) is 5.04. The van der Waals surface area contributed by atoms with Crippen LogP contribution in [0.5, 0.6) is 5.75 Å². The van der Waals surface area contributed by atoms with Crippen LogP contribution in [0.25, 0.3) is 0 Å². The number of aliphatic hydroxyl groups is 1. The number of aliphatic hydroxyl groups excluding tert-OH is 1. The van der Waals surface area contributed by atoms with Gasteiger partial charge in [0.1, 0.15) is 17.4 Å². The second-order valence-corrected chi connectivity index (χ2v) is 13.1. The number of anilines is 1. The monoisotopic (exact) mass is 543 g/mol. The van der Waals surface area contributed by atoms with Gasteiger partial charge in [-0.1, -0.05) is 20.8 Å². The molecule has 0 saturated carbocycles. The molecule has 9 heteroatoms. The van der Waals surface area contributed by atoms with Crippen molar-refractivity contribution in [2.45, 2.75) is 97.1 Å². The van der Waals surface area contributed by atoms with Crippen LogP contribution in [0.15, 0.2) is 24.3 Å². The van der Waals surface area contributed by atoms with Crippen LogP contribution in [0, 0.1) is 23.7 Å². The van der Waals surface area contributed by atoms with Crippen molar-refractivity contribution in [1.82, 2.24) is 10.2 Å². The number of nitrogens with one attached hydrogen (secondary N) is 2. The van der Waals surface area contributed by atoms with Crippen molar-refractivity contribution in [3.63, 3.8) is 0 Å². The van der Waals surface area contributed by atoms with Crippen LogP contribution >= 0.6 is 0 Å². The molecule has 0 aliphatic carbocycles. The second-order valence-electron chi connectivity index (χ2n) is 13.1. The Balaban J connectivity index is 1.75. The van der Waals surface area contributed by atoms with Gasteiger partial charge in [-0.3, -0.25) is 14.4 Å². The summed E-state index contributed by atoms with van der Waals surface area (Å²) in [6.07, 6.45) is 1.01. The molecule has 3 saturated heterocycles. The summed E-state index contributed by atoms with van der Waals surface area (Å²) >= 11 is 0. The number of fused-ring (bicyclic) bond motifs is 1. The van der Waals surface area contributed by atoms with Crippen molar-refractivity contribution in [3.05, 3.63) is 24.3 Å². The van der Waals surface area contributed by atoms with Gasteiger partial charge in [0.25, 0.3) is 0 Å². The molecule has 3 fully saturated rings. The molecule has 3 heterocycles. The summed E-state index contributed by atoms with van der Waals surface area (Å²) in [5.41, 5.74) is -2.03. The number of likely N-dealkylation sites (tertiary alicyclic amines) is 1. The van der Waals surface area contributed by atoms with Gasteiger partial charge < -0.3 is 30.1 Å². The maximum atomic E-state index is 14.3. The number of rotatable bonds is 9. The highest BCUT2D eigenvalue weighted by Crippen LogP contribution is 2.65. The van der Waals surface area contributed by atoms with E-state index in [1.165, 1.54) is 0 Å². The minimum Gasteiger partial charge on any atom is -0.494 e. The predicted molar refractivity (Wildman–Crippen MR) is 148 cm³/mol. The Bertz CT molecular complexity index is 1100. The van der Waals surface area contributed by atoms with Crippen LogP contribution in [-0.4, -0.2) is 69.8 Å². The number of hydrogen-bond acceptors (Lipinski definition) is 6. The first kappa shape index (κ1) is 29.3. The molecule has 1 aromatic carbocycles. The average molecular weight is 544 g/mol. The maximum Gasteiger partial charge on any atom is 0.246 e. The van der Waals surface area contributed by atoms with E-state index in [0.717, 1.165) is 0 Å². The summed E-state index contributed by atoms with van der Waals surface area (Å²) in [4.78, 5) is 43.7. The van der Waals surface area contributed by atoms with Gasteiger partial charge in [-0.2, -0.15) is 0 Å². The lowest BCUT2D eigenvalue weighted by molar-refractivity contribution is -0.150. The zero-order chi connectivity index (χ0) is 28.9. The van der Waals surface area contributed by atoms with E-state index in [-0.39, 0.29) is 36.2 Å². The van der Waals surface area contributed by atoms with Crippen molar-refractivity contribution >= 4 is 23.4 Å². The van der Waals surface area contributed by atoms with E-state index in [1.807, 2.05) is 55.4 Å². The molecular formula is C30H45N3O6. The molecule has 0 radical (unpaired) electrons. The number of hydrogen-bond donors (Lipinski definition) is 3. The van der Waals surface area contributed by atoms with Gasteiger partial charge in [-0.05, 0) is 83.6 Å². The van der Waals surface area contributed by atoms with Crippen molar-refractivity contribution in [1.29, 1.82) is 0 Å². The van der Waals surface area contributed by atoms with E-state index in [0.29, 0.717) is 30.9 Å². The molecule has 1 aromatic rings. The van der Waals surface area contributed by atoms with Crippen LogP contribution in [0.3, 0.4) is 0 Å². The fraction of sp³-hybridized carbons (Fsp3) is 0.700. The molecule has 9 nitrogen and oxygen atoms in total. The van der Waals surface area contributed by atoms with Gasteiger partial charge in [-0.15, -0.1) is 0 Å². The predicted octanol–water partition coefficient (Wildman–Crippen LogP) is 3.36. The van der Waals surface area contributed by atoms with E-state index in [9.17, 15) is 19.5 Å². The largest absolute Gasteiger partial charge is 0.494 e. The average Bonchev–Trinajstić information content (AvgIpc) is 3.34. The minimum atomic E-state index is -1.16. The Kier molecular flexibility index (Phi) is 7.82. The standard InChI is InChI=1S/C30H45N3O6/c1-9-38-21-12-10-19(11-13-21)31-25(35)22-23-27(37)33(20(16-34)14-17(2)3)24(26(36)32-28(5,6)7)30(23)15-18(4)29(22,8)39-30/h10-13,17-18,20,22-24,34H,9,14-16H2,1-8H3,(H,31,35)(H,32,36)/t18?,20-,22+,23+,24?,29-,30?/m1/s1. The Morgan fingerprint density at radius 2 is 1.85 bits per heavy atom. The first-order valence-electron chi connectivity index (χ1n) is 14.2. The lowest BCUT2D eigenvalue weighted by atomic mass is 9.62. The number of ether oxygens (including phenoxy) is 2. The summed E-state index contributed by atoms with van der Waals surface area (Å²) in [6.45, 7) is 15.8. The van der Waals surface area contributed by atoms with E-state index in [1.54, 1.807) is 29.2 Å². The lowest BCUT2D eigenvalue weighted by Crippen LogP contribution is -2.60. The van der Waals surface area contributed by atoms with Gasteiger partial charge in [-0.25, -0.2) is 0 Å². The molecule has 4 rings (SSSR count). The quantitative estimate of drug-likeness (QED) is 0.440. The van der Waals surface area contributed by atoms with E-state index < -0.39 is 40.7 Å². The van der Waals surface area contributed by atoms with Gasteiger partial charge in [0, 0.05) is 11.2 Å². The van der Waals surface area contributed by atoms with E-state index >= 15 is 0 Å². The Morgan fingerprint density at radius 3 is 2.38 bits per heavy atom. The van der Waals surface area contributed by atoms with Crippen molar-refractivity contribution < 1.29 is 29.0 Å². The lowest BCUT2D eigenvalue weighted by Gasteiger charge is -2.39. The Morgan fingerprint density at radius 1 is 1.21 bits per heavy atom. The smallest absolute Gasteiger partial charge is 0.246 e. The summed E-state index contributed by atoms with van der Waals surface area (Å²) in [7, 11) is 0. The maximum absolute atomic E-state index is 14.3. The highest BCUT2D eigenvalue weighted by atomic mass is 16.5. The van der Waals surface area contributed by atoms with Crippen LogP contribution in [0.1, 0.15) is 68.2 Å². The molecule has 0 aromatic heterocycles. The molecule has 3 amide bonds. The van der Waals surface area contributed by atoms with Crippen LogP contribution < -0.4 is 15.4 Å². The summed E-state index contributed by atoms with van der Waals surface area (Å²) in [6, 6.07) is 5.60. The zero-order valence-corrected chi connectivity index (χ0v) is 24.5. The normalized spacial score (nSPS) is 32.4. The minimum absolute atomic E-state index is 0.0693. The van der Waals surface area contributed by atoms with Crippen molar-refractivity contribution in [2.24, 2.45) is 23.7 Å². The summed E-state index contributed by atoms with van der Waals surface area (Å²) in [5, 5.41) is 16.4. The number of carbonyl (C=O) groups is 3. The first-order chi connectivity index (χ1) is 18.2. The van der Waals surface area contributed by atoms with E-state index in [2.05, 4.69) is 10.6 Å². The number of amides is 3. The van der Waals surface area contributed by atoms with Crippen molar-refractivity contribution in [3.8, 4) is 5.75 Å². The van der Waals surface area contributed by atoms with Gasteiger partial charge in [0.05, 0.1) is 36.7 Å². The molecule has 2 bridgehead atoms. The Hall–Kier alpha value is -2.65. The summed E-state index contributed by atoms with van der Waals surface area (Å²) < 4.78 is 12.3. The molecule has 3 aliphatic heterocycles. The third-order valence-electron chi connectivity index (χ3n) is 8.56. The van der Waals surface area contributed by atoms with Crippen molar-refractivity contribution in [2.75, 3.05) is 18.5 Å². The highest BCUT2D eigenvalue weighted by molar-refractivity contribution is 6.02. The van der Waals surface area contributed by atoms with Crippen LogP contribution in [0.4, 0.5) is 5.69 Å². The SMILES string of the molecule is CCOc1ccc(NC(=O)[C@@H]2[C@H]3C(=O)N([C@@H](CO)CC(C)C)C(C(=O)NC(C)(C)C)C34CC(C)[C@@]2(C)O4)cc1. The summed E-state index contributed by atoms with van der Waals surface area (Å²) in [5.74, 6) is -1.74. The number of nitrogens with zero attached hydrogens (tertiary/aromatic N) is 1. The third-order valence-corrected chi connectivity index (χ3v) is 8.56. The van der Waals surface area contributed by atoms with Gasteiger partial charge in [0.2, 0.25) is 17.7 Å². The molecule has 216 valence electrons. The zero-order valence-electron chi connectivity index (χ0n) is 24.5. The molecule has 3 unspecified atom stereocenters. The second kappa shape index (κ2) is 10.4.